The zero-order valence-electron chi connectivity index (χ0n) is 19.8. The first-order valence-corrected chi connectivity index (χ1v) is 12.0. The van der Waals surface area contributed by atoms with Crippen LogP contribution in [-0.4, -0.2) is 26.3 Å². The van der Waals surface area contributed by atoms with Gasteiger partial charge in [-0.2, -0.15) is 0 Å². The number of ether oxygens (including phenoxy) is 1. The van der Waals surface area contributed by atoms with Crippen molar-refractivity contribution in [2.45, 2.75) is 19.9 Å². The van der Waals surface area contributed by atoms with Gasteiger partial charge in [0.15, 0.2) is 4.80 Å². The highest BCUT2D eigenvalue weighted by atomic mass is 32.1. The lowest BCUT2D eigenvalue weighted by Gasteiger charge is -2.24. The van der Waals surface area contributed by atoms with Gasteiger partial charge < -0.3 is 4.74 Å². The summed E-state index contributed by atoms with van der Waals surface area (Å²) in [5.74, 6) is -0.479. The summed E-state index contributed by atoms with van der Waals surface area (Å²) >= 11 is 1.27. The Labute approximate surface area is 204 Å². The Balaban J connectivity index is 1.72. The molecule has 0 amide bonds. The van der Waals surface area contributed by atoms with Crippen molar-refractivity contribution in [1.29, 1.82) is 0 Å². The van der Waals surface area contributed by atoms with Crippen LogP contribution >= 0.6 is 11.3 Å². The zero-order valence-corrected chi connectivity index (χ0v) is 20.6. The molecule has 4 aromatic rings. The number of aromatic nitrogens is 3. The van der Waals surface area contributed by atoms with E-state index in [0.29, 0.717) is 20.6 Å². The summed E-state index contributed by atoms with van der Waals surface area (Å²) in [7, 11) is 3.46. The van der Waals surface area contributed by atoms with Gasteiger partial charge in [-0.3, -0.25) is 18.5 Å². The van der Waals surface area contributed by atoms with Gasteiger partial charge in [-0.05, 0) is 43.2 Å². The van der Waals surface area contributed by atoms with E-state index in [1.165, 1.54) is 11.3 Å². The van der Waals surface area contributed by atoms with Crippen molar-refractivity contribution < 1.29 is 9.53 Å². The molecule has 1 aliphatic rings. The van der Waals surface area contributed by atoms with Gasteiger partial charge >= 0.3 is 11.7 Å². The van der Waals surface area contributed by atoms with Crippen molar-refractivity contribution in [3.63, 3.8) is 0 Å². The molecule has 178 valence electrons. The van der Waals surface area contributed by atoms with Crippen LogP contribution in [0, 0.1) is 0 Å². The van der Waals surface area contributed by atoms with Crippen LogP contribution in [0.15, 0.2) is 74.4 Å². The average Bonchev–Trinajstić information content (AvgIpc) is 3.26. The lowest BCUT2D eigenvalue weighted by atomic mass is 9.96. The van der Waals surface area contributed by atoms with E-state index in [9.17, 15) is 14.4 Å². The maximum atomic E-state index is 13.7. The van der Waals surface area contributed by atoms with Gasteiger partial charge in [0.2, 0.25) is 0 Å². The third kappa shape index (κ3) is 3.68. The number of rotatable bonds is 4. The second-order valence-corrected chi connectivity index (χ2v) is 9.37. The fourth-order valence-corrected chi connectivity index (χ4v) is 5.55. The molecule has 0 spiro atoms. The highest BCUT2D eigenvalue weighted by Gasteiger charge is 2.33. The molecule has 0 radical (unpaired) electrons. The molecule has 0 fully saturated rings. The highest BCUT2D eigenvalue weighted by molar-refractivity contribution is 7.07. The Kier molecular flexibility index (Phi) is 5.64. The molecule has 0 bridgehead atoms. The van der Waals surface area contributed by atoms with E-state index in [0.717, 1.165) is 22.2 Å². The lowest BCUT2D eigenvalue weighted by Crippen LogP contribution is -2.39. The molecule has 1 aliphatic heterocycles. The molecule has 3 heterocycles. The number of benzene rings is 2. The minimum absolute atomic E-state index is 0.110. The minimum Gasteiger partial charge on any atom is -0.463 e. The zero-order chi connectivity index (χ0) is 24.9. The van der Waals surface area contributed by atoms with Gasteiger partial charge in [-0.1, -0.05) is 47.7 Å². The summed E-state index contributed by atoms with van der Waals surface area (Å²) < 4.78 is 10.6. The van der Waals surface area contributed by atoms with Crippen molar-refractivity contribution in [3.05, 3.63) is 101 Å². The normalized spacial score (nSPS) is 15.9. The summed E-state index contributed by atoms with van der Waals surface area (Å²) in [5.41, 5.74) is 3.74. The number of carbonyl (C=O) groups is 1. The number of imidazole rings is 1. The van der Waals surface area contributed by atoms with Crippen LogP contribution in [0.2, 0.25) is 0 Å². The molecule has 1 atom stereocenters. The van der Waals surface area contributed by atoms with Gasteiger partial charge in [0.25, 0.3) is 5.56 Å². The molecule has 0 saturated carbocycles. The number of allylic oxidation sites excluding steroid dienone is 1. The number of hydrogen-bond acceptors (Lipinski definition) is 6. The van der Waals surface area contributed by atoms with E-state index in [1.807, 2.05) is 48.5 Å². The Morgan fingerprint density at radius 2 is 1.80 bits per heavy atom. The Morgan fingerprint density at radius 3 is 2.51 bits per heavy atom. The average molecular weight is 489 g/mol. The van der Waals surface area contributed by atoms with Crippen molar-refractivity contribution >= 4 is 34.4 Å². The predicted molar refractivity (Wildman–Crippen MR) is 135 cm³/mol. The van der Waals surface area contributed by atoms with Gasteiger partial charge in [0.05, 0.1) is 39.5 Å². The molecule has 2 aromatic heterocycles. The Hall–Kier alpha value is -3.98. The van der Waals surface area contributed by atoms with E-state index >= 15 is 0 Å². The summed E-state index contributed by atoms with van der Waals surface area (Å²) in [5, 5.41) is 0. The largest absolute Gasteiger partial charge is 0.463 e. The van der Waals surface area contributed by atoms with Crippen LogP contribution in [0.4, 0.5) is 0 Å². The van der Waals surface area contributed by atoms with Crippen LogP contribution in [0.25, 0.3) is 17.1 Å². The predicted octanol–water partition coefficient (Wildman–Crippen LogP) is 1.99. The molecule has 8 nitrogen and oxygen atoms in total. The molecule has 2 aromatic carbocycles. The first-order chi connectivity index (χ1) is 16.8. The van der Waals surface area contributed by atoms with E-state index in [1.54, 1.807) is 47.7 Å². The standard InChI is InChI=1S/C26H24N4O4S/c1-5-34-24(32)21-15(2)27-25-30(22(21)17-9-7-6-8-10-17)23(31)20(35-25)14-16-11-12-18-19(13-16)29(4)26(33)28(18)3/h6-14,22H,5H2,1-4H3/t22-/m1/s1. The Bertz CT molecular complexity index is 1750. The minimum atomic E-state index is -0.633. The third-order valence-corrected chi connectivity index (χ3v) is 7.21. The summed E-state index contributed by atoms with van der Waals surface area (Å²) in [6.07, 6.45) is 1.80. The fraction of sp³-hybridized carbons (Fsp3) is 0.231. The van der Waals surface area contributed by atoms with E-state index in [4.69, 9.17) is 4.74 Å². The molecule has 0 N–H and O–H groups in total. The van der Waals surface area contributed by atoms with E-state index in [2.05, 4.69) is 4.99 Å². The topological polar surface area (TPSA) is 87.6 Å². The van der Waals surface area contributed by atoms with Crippen molar-refractivity contribution in [1.82, 2.24) is 13.7 Å². The number of thiazole rings is 1. The molecular weight excluding hydrogens is 464 g/mol. The number of fused-ring (bicyclic) bond motifs is 2. The van der Waals surface area contributed by atoms with Crippen LogP contribution in [0.5, 0.6) is 0 Å². The van der Waals surface area contributed by atoms with E-state index in [-0.39, 0.29) is 17.9 Å². The summed E-state index contributed by atoms with van der Waals surface area (Å²) in [6, 6.07) is 14.4. The Morgan fingerprint density at radius 1 is 1.09 bits per heavy atom. The first-order valence-electron chi connectivity index (χ1n) is 11.2. The van der Waals surface area contributed by atoms with Gasteiger partial charge in [0.1, 0.15) is 0 Å². The van der Waals surface area contributed by atoms with Crippen molar-refractivity contribution in [2.24, 2.45) is 19.1 Å². The summed E-state index contributed by atoms with van der Waals surface area (Å²) in [6.45, 7) is 3.75. The lowest BCUT2D eigenvalue weighted by molar-refractivity contribution is -0.139. The van der Waals surface area contributed by atoms with Crippen molar-refractivity contribution in [2.75, 3.05) is 6.61 Å². The number of nitrogens with zero attached hydrogens (tertiary/aromatic N) is 4. The number of aryl methyl sites for hydroxylation is 2. The molecule has 5 rings (SSSR count). The second-order valence-electron chi connectivity index (χ2n) is 8.36. The molecule has 9 heteroatoms. The smallest absolute Gasteiger partial charge is 0.338 e. The number of hydrogen-bond donors (Lipinski definition) is 0. The first kappa shape index (κ1) is 22.8. The third-order valence-electron chi connectivity index (χ3n) is 6.23. The van der Waals surface area contributed by atoms with Crippen LogP contribution in [-0.2, 0) is 23.6 Å². The fourth-order valence-electron chi connectivity index (χ4n) is 4.51. The van der Waals surface area contributed by atoms with E-state index < -0.39 is 12.0 Å². The quantitative estimate of drug-likeness (QED) is 0.411. The monoisotopic (exact) mass is 488 g/mol. The molecule has 0 saturated heterocycles. The maximum Gasteiger partial charge on any atom is 0.338 e. The molecular formula is C26H24N4O4S. The SMILES string of the molecule is CCOC(=O)C1=C(C)N=c2sc(=Cc3ccc4c(c3)n(C)c(=O)n4C)c(=O)n2[C@@H]1c1ccccc1. The maximum absolute atomic E-state index is 13.7. The van der Waals surface area contributed by atoms with Gasteiger partial charge in [-0.15, -0.1) is 0 Å². The molecule has 0 aliphatic carbocycles. The molecule has 35 heavy (non-hydrogen) atoms. The molecule has 0 unspecified atom stereocenters. The van der Waals surface area contributed by atoms with Crippen LogP contribution in [0.1, 0.15) is 31.0 Å². The van der Waals surface area contributed by atoms with Gasteiger partial charge in [-0.25, -0.2) is 14.6 Å². The van der Waals surface area contributed by atoms with Crippen molar-refractivity contribution in [3.8, 4) is 0 Å². The number of esters is 1. The number of carbonyl (C=O) groups excluding carboxylic acids is 1. The highest BCUT2D eigenvalue weighted by Crippen LogP contribution is 2.30. The summed E-state index contributed by atoms with van der Waals surface area (Å²) in [4.78, 5) is 44.0. The van der Waals surface area contributed by atoms with Gasteiger partial charge in [0, 0.05) is 14.1 Å². The van der Waals surface area contributed by atoms with Crippen LogP contribution in [0.3, 0.4) is 0 Å². The van der Waals surface area contributed by atoms with Crippen LogP contribution < -0.4 is 20.6 Å². The second kappa shape index (κ2) is 8.66.